The summed E-state index contributed by atoms with van der Waals surface area (Å²) in [6.45, 7) is 0.810. The van der Waals surface area contributed by atoms with Crippen molar-refractivity contribution in [3.8, 4) is 0 Å². The number of rotatable bonds is 4. The summed E-state index contributed by atoms with van der Waals surface area (Å²) >= 11 is 0. The second kappa shape index (κ2) is 6.95. The molecule has 0 aliphatic heterocycles. The van der Waals surface area contributed by atoms with Crippen LogP contribution in [0.3, 0.4) is 0 Å². The summed E-state index contributed by atoms with van der Waals surface area (Å²) in [5.41, 5.74) is 0.413. The number of carbonyl (C=O) groups is 2. The Morgan fingerprint density at radius 1 is 1.00 bits per heavy atom. The van der Waals surface area contributed by atoms with Crippen molar-refractivity contribution in [2.75, 3.05) is 16.8 Å². The fourth-order valence-electron chi connectivity index (χ4n) is 1.91. The lowest BCUT2D eigenvalue weighted by Crippen LogP contribution is -2.36. The van der Waals surface area contributed by atoms with E-state index in [0.29, 0.717) is 5.69 Å². The second-order valence-corrected chi connectivity index (χ2v) is 4.76. The fraction of sp³-hybridized carbons (Fsp3) is 0.125. The van der Waals surface area contributed by atoms with Crippen LogP contribution in [0.1, 0.15) is 6.92 Å². The first-order valence-electron chi connectivity index (χ1n) is 6.65. The molecule has 0 atom stereocenters. The Bertz CT molecular complexity index is 733. The standard InChI is InChI=1S/C16H13F3N2O2/c1-10(22)21(13-6-7-14(18)15(19)8-13)9-16(23)20-12-4-2-11(17)3-5-12/h2-8H,9H2,1H3,(H,20,23). The Hall–Kier alpha value is -2.83. The van der Waals surface area contributed by atoms with Gasteiger partial charge in [0.15, 0.2) is 11.6 Å². The molecule has 7 heteroatoms. The highest BCUT2D eigenvalue weighted by Gasteiger charge is 2.17. The van der Waals surface area contributed by atoms with Crippen molar-refractivity contribution in [1.29, 1.82) is 0 Å². The van der Waals surface area contributed by atoms with Gasteiger partial charge in [0.05, 0.1) is 0 Å². The van der Waals surface area contributed by atoms with Crippen LogP contribution < -0.4 is 10.2 Å². The summed E-state index contributed by atoms with van der Waals surface area (Å²) in [6.07, 6.45) is 0. The highest BCUT2D eigenvalue weighted by Crippen LogP contribution is 2.18. The van der Waals surface area contributed by atoms with Gasteiger partial charge in [-0.15, -0.1) is 0 Å². The van der Waals surface area contributed by atoms with Crippen molar-refractivity contribution in [2.24, 2.45) is 0 Å². The van der Waals surface area contributed by atoms with Gasteiger partial charge in [-0.2, -0.15) is 0 Å². The molecule has 1 N–H and O–H groups in total. The van der Waals surface area contributed by atoms with E-state index in [9.17, 15) is 22.8 Å². The molecule has 0 aliphatic carbocycles. The largest absolute Gasteiger partial charge is 0.325 e. The van der Waals surface area contributed by atoms with Crippen molar-refractivity contribution < 1.29 is 22.8 Å². The molecule has 0 radical (unpaired) electrons. The summed E-state index contributed by atoms with van der Waals surface area (Å²) in [7, 11) is 0. The SMILES string of the molecule is CC(=O)N(CC(=O)Nc1ccc(F)cc1)c1ccc(F)c(F)c1. The number of benzene rings is 2. The molecular formula is C16H13F3N2O2. The van der Waals surface area contributed by atoms with Crippen LogP contribution in [0, 0.1) is 17.5 Å². The number of anilines is 2. The zero-order valence-electron chi connectivity index (χ0n) is 12.1. The lowest BCUT2D eigenvalue weighted by molar-refractivity contribution is -0.120. The lowest BCUT2D eigenvalue weighted by Gasteiger charge is -2.20. The molecule has 23 heavy (non-hydrogen) atoms. The third kappa shape index (κ3) is 4.32. The third-order valence-corrected chi connectivity index (χ3v) is 3.02. The Morgan fingerprint density at radius 3 is 2.22 bits per heavy atom. The fourth-order valence-corrected chi connectivity index (χ4v) is 1.91. The summed E-state index contributed by atoms with van der Waals surface area (Å²) < 4.78 is 39.0. The van der Waals surface area contributed by atoms with Crippen molar-refractivity contribution in [1.82, 2.24) is 0 Å². The van der Waals surface area contributed by atoms with Gasteiger partial charge in [-0.25, -0.2) is 13.2 Å². The molecule has 120 valence electrons. The summed E-state index contributed by atoms with van der Waals surface area (Å²) in [4.78, 5) is 24.6. The Kier molecular flexibility index (Phi) is 5.00. The number of halogens is 3. The van der Waals surface area contributed by atoms with Crippen molar-refractivity contribution in [2.45, 2.75) is 6.92 Å². The van der Waals surface area contributed by atoms with Crippen molar-refractivity contribution >= 4 is 23.2 Å². The van der Waals surface area contributed by atoms with Gasteiger partial charge in [-0.3, -0.25) is 9.59 Å². The van der Waals surface area contributed by atoms with Gasteiger partial charge in [-0.05, 0) is 36.4 Å². The average molecular weight is 322 g/mol. The van der Waals surface area contributed by atoms with E-state index in [1.807, 2.05) is 0 Å². The van der Waals surface area contributed by atoms with E-state index in [4.69, 9.17) is 0 Å². The van der Waals surface area contributed by atoms with Crippen LogP contribution in [0.15, 0.2) is 42.5 Å². The van der Waals surface area contributed by atoms with Gasteiger partial charge < -0.3 is 10.2 Å². The number of hydrogen-bond donors (Lipinski definition) is 1. The van der Waals surface area contributed by atoms with Crippen LogP contribution in [0.4, 0.5) is 24.5 Å². The quantitative estimate of drug-likeness (QED) is 0.940. The van der Waals surface area contributed by atoms with Gasteiger partial charge in [0, 0.05) is 24.4 Å². The van der Waals surface area contributed by atoms with Gasteiger partial charge >= 0.3 is 0 Å². The van der Waals surface area contributed by atoms with Crippen LogP contribution in [-0.2, 0) is 9.59 Å². The number of carbonyl (C=O) groups excluding carboxylic acids is 2. The van der Waals surface area contributed by atoms with E-state index < -0.39 is 35.8 Å². The molecule has 2 aromatic carbocycles. The van der Waals surface area contributed by atoms with E-state index in [0.717, 1.165) is 17.0 Å². The topological polar surface area (TPSA) is 49.4 Å². The predicted molar refractivity (Wildman–Crippen MR) is 79.4 cm³/mol. The molecule has 2 aromatic rings. The molecule has 2 amide bonds. The summed E-state index contributed by atoms with van der Waals surface area (Å²) in [5, 5.41) is 2.48. The average Bonchev–Trinajstić information content (AvgIpc) is 2.50. The maximum atomic E-state index is 13.3. The van der Waals surface area contributed by atoms with Crippen LogP contribution in [0.5, 0.6) is 0 Å². The van der Waals surface area contributed by atoms with E-state index in [-0.39, 0.29) is 5.69 Å². The van der Waals surface area contributed by atoms with E-state index in [1.165, 1.54) is 37.3 Å². The normalized spacial score (nSPS) is 10.3. The molecule has 0 aliphatic rings. The number of hydrogen-bond acceptors (Lipinski definition) is 2. The van der Waals surface area contributed by atoms with Gasteiger partial charge in [-0.1, -0.05) is 0 Å². The molecule has 0 unspecified atom stereocenters. The summed E-state index contributed by atoms with van der Waals surface area (Å²) in [5.74, 6) is -3.68. The molecule has 0 bridgehead atoms. The van der Waals surface area contributed by atoms with Crippen molar-refractivity contribution in [3.05, 3.63) is 59.9 Å². The number of nitrogens with one attached hydrogen (secondary N) is 1. The minimum Gasteiger partial charge on any atom is -0.325 e. The molecule has 0 fully saturated rings. The number of amides is 2. The van der Waals surface area contributed by atoms with E-state index in [2.05, 4.69) is 5.32 Å². The highest BCUT2D eigenvalue weighted by atomic mass is 19.2. The minimum absolute atomic E-state index is 0.0608. The molecule has 0 aromatic heterocycles. The summed E-state index contributed by atoms with van der Waals surface area (Å²) in [6, 6.07) is 7.98. The van der Waals surface area contributed by atoms with Crippen LogP contribution in [0.25, 0.3) is 0 Å². The molecule has 0 saturated carbocycles. The van der Waals surface area contributed by atoms with Crippen LogP contribution in [-0.4, -0.2) is 18.4 Å². The smallest absolute Gasteiger partial charge is 0.244 e. The molecule has 0 heterocycles. The van der Waals surface area contributed by atoms with Gasteiger partial charge in [0.1, 0.15) is 12.4 Å². The Labute approximate surface area is 130 Å². The van der Waals surface area contributed by atoms with Crippen molar-refractivity contribution in [3.63, 3.8) is 0 Å². The molecular weight excluding hydrogens is 309 g/mol. The second-order valence-electron chi connectivity index (χ2n) is 4.76. The maximum absolute atomic E-state index is 13.3. The number of nitrogens with zero attached hydrogens (tertiary/aromatic N) is 1. The molecule has 4 nitrogen and oxygen atoms in total. The minimum atomic E-state index is -1.12. The first-order chi connectivity index (χ1) is 10.9. The maximum Gasteiger partial charge on any atom is 0.244 e. The molecule has 2 rings (SSSR count). The molecule has 0 spiro atoms. The lowest BCUT2D eigenvalue weighted by atomic mass is 10.2. The Morgan fingerprint density at radius 2 is 1.65 bits per heavy atom. The van der Waals surface area contributed by atoms with Gasteiger partial charge in [0.25, 0.3) is 0 Å². The monoisotopic (exact) mass is 322 g/mol. The first kappa shape index (κ1) is 16.5. The molecule has 0 saturated heterocycles. The van der Waals surface area contributed by atoms with E-state index in [1.54, 1.807) is 0 Å². The van der Waals surface area contributed by atoms with E-state index >= 15 is 0 Å². The zero-order valence-corrected chi connectivity index (χ0v) is 12.1. The zero-order chi connectivity index (χ0) is 17.0. The van der Waals surface area contributed by atoms with Crippen LogP contribution in [0.2, 0.25) is 0 Å². The third-order valence-electron chi connectivity index (χ3n) is 3.02. The predicted octanol–water partition coefficient (Wildman–Crippen LogP) is 3.10. The Balaban J connectivity index is 2.12. The van der Waals surface area contributed by atoms with Gasteiger partial charge in [0.2, 0.25) is 11.8 Å². The first-order valence-corrected chi connectivity index (χ1v) is 6.65. The van der Waals surface area contributed by atoms with Crippen LogP contribution >= 0.6 is 0 Å². The highest BCUT2D eigenvalue weighted by molar-refractivity contribution is 6.01.